The number of carbonyl (C=O) groups is 1. The number of rotatable bonds is 8. The fourth-order valence-corrected chi connectivity index (χ4v) is 4.14. The third-order valence-electron chi connectivity index (χ3n) is 5.97. The van der Waals surface area contributed by atoms with E-state index in [1.54, 1.807) is 42.0 Å². The third kappa shape index (κ3) is 3.98. The Morgan fingerprint density at radius 1 is 1.03 bits per heavy atom. The Balaban J connectivity index is 1.86. The van der Waals surface area contributed by atoms with Gasteiger partial charge < -0.3 is 19.5 Å². The summed E-state index contributed by atoms with van der Waals surface area (Å²) in [6, 6.07) is 15.8. The lowest BCUT2D eigenvalue weighted by atomic mass is 9.92. The number of benzene rings is 2. The van der Waals surface area contributed by atoms with Crippen LogP contribution >= 0.6 is 0 Å². The molecule has 0 spiro atoms. The van der Waals surface area contributed by atoms with Crippen molar-refractivity contribution < 1.29 is 24.3 Å². The van der Waals surface area contributed by atoms with Crippen LogP contribution in [0.4, 0.5) is 0 Å². The highest BCUT2D eigenvalue weighted by Gasteiger charge is 2.32. The van der Waals surface area contributed by atoms with Gasteiger partial charge in [0.1, 0.15) is 17.7 Å². The predicted octanol–water partition coefficient (Wildman–Crippen LogP) is 5.69. The molecule has 0 aliphatic rings. The van der Waals surface area contributed by atoms with Gasteiger partial charge in [-0.25, -0.2) is 0 Å². The number of hydrogen-bond acceptors (Lipinski definition) is 6. The Labute approximate surface area is 191 Å². The van der Waals surface area contributed by atoms with Gasteiger partial charge in [0.25, 0.3) is 0 Å². The number of ketones is 1. The summed E-state index contributed by atoms with van der Waals surface area (Å²) in [6.07, 6.45) is 2.97. The number of carbonyl (C=O) groups excluding carboxylic acids is 1. The molecule has 0 unspecified atom stereocenters. The first kappa shape index (κ1) is 22.2. The van der Waals surface area contributed by atoms with Gasteiger partial charge in [-0.05, 0) is 49.2 Å². The normalized spacial score (nSPS) is 11.2. The molecule has 0 bridgehead atoms. The lowest BCUT2D eigenvalue weighted by Gasteiger charge is -2.19. The zero-order valence-corrected chi connectivity index (χ0v) is 18.8. The number of aromatic hydroxyl groups is 2. The van der Waals surface area contributed by atoms with Crippen LogP contribution in [-0.4, -0.2) is 32.8 Å². The first-order chi connectivity index (χ1) is 16.0. The first-order valence-electron chi connectivity index (χ1n) is 10.9. The van der Waals surface area contributed by atoms with Crippen molar-refractivity contribution >= 4 is 5.78 Å². The van der Waals surface area contributed by atoms with Crippen molar-refractivity contribution in [3.05, 3.63) is 77.7 Å². The SMILES string of the molecule is CCC(CC)c1c(C(=O)c2ccc(OC)cc2)c(O)c(O)n1-c1ccc(-c2ccon2)cc1. The molecule has 0 amide bonds. The Hall–Kier alpha value is -4.00. The smallest absolute Gasteiger partial charge is 0.240 e. The second-order valence-electron chi connectivity index (χ2n) is 7.77. The quantitative estimate of drug-likeness (QED) is 0.338. The van der Waals surface area contributed by atoms with Crippen molar-refractivity contribution in [3.8, 4) is 34.3 Å². The fraction of sp³-hybridized carbons (Fsp3) is 0.231. The van der Waals surface area contributed by atoms with Crippen molar-refractivity contribution in [2.75, 3.05) is 7.11 Å². The molecule has 4 rings (SSSR count). The molecule has 0 aliphatic heterocycles. The second kappa shape index (κ2) is 9.24. The van der Waals surface area contributed by atoms with Crippen LogP contribution in [0.5, 0.6) is 17.4 Å². The van der Waals surface area contributed by atoms with Gasteiger partial charge in [-0.15, -0.1) is 0 Å². The van der Waals surface area contributed by atoms with Crippen molar-refractivity contribution in [2.45, 2.75) is 32.6 Å². The maximum absolute atomic E-state index is 13.5. The van der Waals surface area contributed by atoms with Crippen LogP contribution in [0.15, 0.2) is 65.4 Å². The standard InChI is InChI=1S/C26H26N2O5/c1-4-16(5-2)23-22(24(29)18-8-12-20(32-3)13-9-18)25(30)26(31)28(23)19-10-6-17(7-11-19)21-14-15-33-27-21/h6-16,30-31H,4-5H2,1-3H3. The highest BCUT2D eigenvalue weighted by atomic mass is 16.5. The van der Waals surface area contributed by atoms with E-state index in [0.29, 0.717) is 28.4 Å². The van der Waals surface area contributed by atoms with E-state index >= 15 is 0 Å². The number of ether oxygens (including phenoxy) is 1. The lowest BCUT2D eigenvalue weighted by molar-refractivity contribution is 0.103. The summed E-state index contributed by atoms with van der Waals surface area (Å²) in [5.41, 5.74) is 3.28. The van der Waals surface area contributed by atoms with Gasteiger partial charge in [0.05, 0.1) is 12.7 Å². The van der Waals surface area contributed by atoms with E-state index in [-0.39, 0.29) is 23.1 Å². The molecular weight excluding hydrogens is 420 g/mol. The number of nitrogens with zero attached hydrogens (tertiary/aromatic N) is 2. The highest BCUT2D eigenvalue weighted by Crippen LogP contribution is 2.44. The Morgan fingerprint density at radius 2 is 1.70 bits per heavy atom. The van der Waals surface area contributed by atoms with Gasteiger partial charge in [0.2, 0.25) is 5.88 Å². The minimum absolute atomic E-state index is 0.0517. The molecule has 33 heavy (non-hydrogen) atoms. The van der Waals surface area contributed by atoms with Crippen molar-refractivity contribution in [2.24, 2.45) is 0 Å². The molecule has 2 aromatic carbocycles. The van der Waals surface area contributed by atoms with E-state index < -0.39 is 5.75 Å². The maximum atomic E-state index is 13.5. The van der Waals surface area contributed by atoms with Crippen molar-refractivity contribution in [1.29, 1.82) is 0 Å². The topological polar surface area (TPSA) is 97.7 Å². The predicted molar refractivity (Wildman–Crippen MR) is 124 cm³/mol. The Morgan fingerprint density at radius 3 is 2.24 bits per heavy atom. The Kier molecular flexibility index (Phi) is 6.22. The number of hydrogen-bond donors (Lipinski definition) is 2. The summed E-state index contributed by atoms with van der Waals surface area (Å²) in [6.45, 7) is 4.05. The average Bonchev–Trinajstić information content (AvgIpc) is 3.47. The molecule has 0 radical (unpaired) electrons. The second-order valence-corrected chi connectivity index (χ2v) is 7.77. The van der Waals surface area contributed by atoms with Crippen LogP contribution in [0.25, 0.3) is 16.9 Å². The molecule has 0 saturated heterocycles. The fourth-order valence-electron chi connectivity index (χ4n) is 4.14. The van der Waals surface area contributed by atoms with Crippen LogP contribution in [0, 0.1) is 0 Å². The van der Waals surface area contributed by atoms with Crippen LogP contribution in [0.3, 0.4) is 0 Å². The number of aromatic nitrogens is 2. The van der Waals surface area contributed by atoms with E-state index in [4.69, 9.17) is 9.26 Å². The molecular formula is C26H26N2O5. The molecule has 7 heteroatoms. The lowest BCUT2D eigenvalue weighted by Crippen LogP contribution is -2.11. The third-order valence-corrected chi connectivity index (χ3v) is 5.97. The van der Waals surface area contributed by atoms with Gasteiger partial charge in [-0.2, -0.15) is 0 Å². The molecule has 0 fully saturated rings. The monoisotopic (exact) mass is 446 g/mol. The summed E-state index contributed by atoms with van der Waals surface area (Å²) in [5.74, 6) is -0.556. The summed E-state index contributed by atoms with van der Waals surface area (Å²) in [4.78, 5) is 13.5. The maximum Gasteiger partial charge on any atom is 0.240 e. The summed E-state index contributed by atoms with van der Waals surface area (Å²) < 4.78 is 11.7. The van der Waals surface area contributed by atoms with Crippen molar-refractivity contribution in [1.82, 2.24) is 9.72 Å². The van der Waals surface area contributed by atoms with Crippen molar-refractivity contribution in [3.63, 3.8) is 0 Å². The van der Waals surface area contributed by atoms with Gasteiger partial charge in [-0.3, -0.25) is 9.36 Å². The highest BCUT2D eigenvalue weighted by molar-refractivity contribution is 6.12. The summed E-state index contributed by atoms with van der Waals surface area (Å²) in [7, 11) is 1.56. The average molecular weight is 447 g/mol. The molecule has 170 valence electrons. The van der Waals surface area contributed by atoms with E-state index in [9.17, 15) is 15.0 Å². The molecule has 2 N–H and O–H groups in total. The van der Waals surface area contributed by atoms with Gasteiger partial charge >= 0.3 is 0 Å². The zero-order chi connectivity index (χ0) is 23.5. The van der Waals surface area contributed by atoms with Crippen LogP contribution in [-0.2, 0) is 0 Å². The molecule has 0 saturated carbocycles. The van der Waals surface area contributed by atoms with Crippen LogP contribution < -0.4 is 4.74 Å². The molecule has 2 heterocycles. The van der Waals surface area contributed by atoms with E-state index in [0.717, 1.165) is 18.4 Å². The minimum Gasteiger partial charge on any atom is -0.503 e. The zero-order valence-electron chi connectivity index (χ0n) is 18.8. The minimum atomic E-state index is -0.418. The largest absolute Gasteiger partial charge is 0.503 e. The first-order valence-corrected chi connectivity index (χ1v) is 10.9. The van der Waals surface area contributed by atoms with E-state index in [2.05, 4.69) is 5.16 Å². The van der Waals surface area contributed by atoms with E-state index in [1.165, 1.54) is 6.26 Å². The van der Waals surface area contributed by atoms with Gasteiger partial charge in [0, 0.05) is 34.5 Å². The molecule has 2 aromatic heterocycles. The summed E-state index contributed by atoms with van der Waals surface area (Å²) >= 11 is 0. The summed E-state index contributed by atoms with van der Waals surface area (Å²) in [5, 5.41) is 25.8. The van der Waals surface area contributed by atoms with E-state index in [1.807, 2.05) is 38.1 Å². The molecule has 0 atom stereocenters. The van der Waals surface area contributed by atoms with Gasteiger partial charge in [-0.1, -0.05) is 31.1 Å². The van der Waals surface area contributed by atoms with Crippen LogP contribution in [0.1, 0.15) is 54.2 Å². The molecule has 0 aliphatic carbocycles. The van der Waals surface area contributed by atoms with Crippen LogP contribution in [0.2, 0.25) is 0 Å². The number of methoxy groups -OCH3 is 1. The molecule has 4 aromatic rings. The Bertz CT molecular complexity index is 1240. The molecule has 7 nitrogen and oxygen atoms in total. The van der Waals surface area contributed by atoms with Gasteiger partial charge in [0.15, 0.2) is 11.5 Å².